The van der Waals surface area contributed by atoms with Gasteiger partial charge in [0, 0.05) is 19.0 Å². The normalized spacial score (nSPS) is 18.5. The molecule has 3 heteroatoms. The number of carbonyl (C=O) groups is 1. The molecule has 1 aromatic carbocycles. The predicted molar refractivity (Wildman–Crippen MR) is 82.5 cm³/mol. The van der Waals surface area contributed by atoms with Crippen LogP contribution in [-0.4, -0.2) is 29.9 Å². The van der Waals surface area contributed by atoms with Gasteiger partial charge in [-0.3, -0.25) is 4.79 Å². The van der Waals surface area contributed by atoms with Gasteiger partial charge in [-0.2, -0.15) is 0 Å². The maximum Gasteiger partial charge on any atom is 0.223 e. The summed E-state index contributed by atoms with van der Waals surface area (Å²) in [7, 11) is 0. The molecule has 110 valence electrons. The van der Waals surface area contributed by atoms with E-state index in [0.717, 1.165) is 45.2 Å². The molecule has 1 aliphatic rings. The lowest BCUT2D eigenvalue weighted by atomic mass is 10.0. The molecule has 1 fully saturated rings. The second-order valence-electron chi connectivity index (χ2n) is 5.74. The molecule has 0 bridgehead atoms. The number of nitrogens with two attached hydrogens (primary N) is 1. The van der Waals surface area contributed by atoms with Crippen molar-refractivity contribution in [2.45, 2.75) is 51.5 Å². The Hall–Kier alpha value is -1.35. The first kappa shape index (κ1) is 15.0. The minimum absolute atomic E-state index is 0.313. The predicted octanol–water partition coefficient (Wildman–Crippen LogP) is 2.66. The van der Waals surface area contributed by atoms with Crippen molar-refractivity contribution in [1.82, 2.24) is 4.90 Å². The van der Waals surface area contributed by atoms with Crippen LogP contribution >= 0.6 is 0 Å². The van der Waals surface area contributed by atoms with E-state index in [0.29, 0.717) is 18.4 Å². The van der Waals surface area contributed by atoms with Gasteiger partial charge in [-0.1, -0.05) is 24.3 Å². The topological polar surface area (TPSA) is 46.3 Å². The maximum absolute atomic E-state index is 12.4. The van der Waals surface area contributed by atoms with E-state index in [1.807, 2.05) is 12.1 Å². The number of aryl methyl sites for hydroxylation is 2. The Labute approximate surface area is 122 Å². The van der Waals surface area contributed by atoms with Gasteiger partial charge < -0.3 is 10.6 Å². The Bertz CT molecular complexity index is 444. The zero-order valence-electron chi connectivity index (χ0n) is 12.5. The average Bonchev–Trinajstić information content (AvgIpc) is 2.92. The van der Waals surface area contributed by atoms with E-state index in [9.17, 15) is 4.79 Å². The Morgan fingerprint density at radius 1 is 1.40 bits per heavy atom. The smallest absolute Gasteiger partial charge is 0.223 e. The quantitative estimate of drug-likeness (QED) is 0.867. The van der Waals surface area contributed by atoms with Gasteiger partial charge in [0.15, 0.2) is 0 Å². The minimum Gasteiger partial charge on any atom is -0.340 e. The first-order valence-corrected chi connectivity index (χ1v) is 7.76. The molecule has 1 heterocycles. The van der Waals surface area contributed by atoms with E-state index < -0.39 is 0 Å². The van der Waals surface area contributed by atoms with E-state index in [1.54, 1.807) is 0 Å². The molecule has 0 aromatic heterocycles. The minimum atomic E-state index is 0.313. The van der Waals surface area contributed by atoms with Gasteiger partial charge in [-0.25, -0.2) is 0 Å². The molecule has 0 spiro atoms. The van der Waals surface area contributed by atoms with Crippen LogP contribution in [0.5, 0.6) is 0 Å². The van der Waals surface area contributed by atoms with Crippen molar-refractivity contribution in [2.24, 2.45) is 5.73 Å². The van der Waals surface area contributed by atoms with Crippen LogP contribution in [-0.2, 0) is 11.2 Å². The zero-order valence-corrected chi connectivity index (χ0v) is 12.5. The molecule has 2 N–H and O–H groups in total. The number of hydrogen-bond donors (Lipinski definition) is 1. The molecule has 1 saturated heterocycles. The Kier molecular flexibility index (Phi) is 5.60. The first-order valence-electron chi connectivity index (χ1n) is 7.76. The molecule has 3 nitrogen and oxygen atoms in total. The largest absolute Gasteiger partial charge is 0.340 e. The van der Waals surface area contributed by atoms with Gasteiger partial charge in [0.25, 0.3) is 0 Å². The van der Waals surface area contributed by atoms with E-state index in [-0.39, 0.29) is 0 Å². The zero-order chi connectivity index (χ0) is 14.4. The summed E-state index contributed by atoms with van der Waals surface area (Å²) in [6.45, 7) is 3.77. The van der Waals surface area contributed by atoms with Crippen LogP contribution in [0.3, 0.4) is 0 Å². The molecular weight excluding hydrogens is 248 g/mol. The lowest BCUT2D eigenvalue weighted by Crippen LogP contribution is -2.35. The lowest BCUT2D eigenvalue weighted by molar-refractivity contribution is -0.132. The summed E-state index contributed by atoms with van der Waals surface area (Å²) in [5, 5.41) is 0. The van der Waals surface area contributed by atoms with Crippen molar-refractivity contribution in [3.63, 3.8) is 0 Å². The highest BCUT2D eigenvalue weighted by Crippen LogP contribution is 2.22. The molecule has 1 atom stereocenters. The molecule has 1 unspecified atom stereocenters. The van der Waals surface area contributed by atoms with Gasteiger partial charge in [-0.15, -0.1) is 0 Å². The highest BCUT2D eigenvalue weighted by molar-refractivity contribution is 5.77. The summed E-state index contributed by atoms with van der Waals surface area (Å²) in [5.41, 5.74) is 8.15. The van der Waals surface area contributed by atoms with E-state index in [4.69, 9.17) is 5.73 Å². The lowest BCUT2D eigenvalue weighted by Gasteiger charge is -2.25. The third kappa shape index (κ3) is 3.83. The summed E-state index contributed by atoms with van der Waals surface area (Å²) >= 11 is 0. The summed E-state index contributed by atoms with van der Waals surface area (Å²) in [6.07, 6.45) is 5.86. The Morgan fingerprint density at radius 3 is 2.95 bits per heavy atom. The number of benzene rings is 1. The number of hydrogen-bond acceptors (Lipinski definition) is 2. The fourth-order valence-corrected chi connectivity index (χ4v) is 3.09. The number of carbonyl (C=O) groups excluding carboxylic acids is 1. The van der Waals surface area contributed by atoms with Crippen LogP contribution in [0.2, 0.25) is 0 Å². The SMILES string of the molecule is Cc1ccccc1CCC(=O)N1CCCC1CCCN. The molecule has 0 radical (unpaired) electrons. The second kappa shape index (κ2) is 7.44. The van der Waals surface area contributed by atoms with Crippen LogP contribution in [0.1, 0.15) is 43.2 Å². The maximum atomic E-state index is 12.4. The van der Waals surface area contributed by atoms with Crippen molar-refractivity contribution < 1.29 is 4.79 Å². The van der Waals surface area contributed by atoms with Gasteiger partial charge in [-0.05, 0) is 56.7 Å². The molecule has 1 amide bonds. The van der Waals surface area contributed by atoms with Crippen molar-refractivity contribution in [2.75, 3.05) is 13.1 Å². The van der Waals surface area contributed by atoms with Crippen LogP contribution in [0.15, 0.2) is 24.3 Å². The van der Waals surface area contributed by atoms with E-state index in [2.05, 4.69) is 24.0 Å². The number of amides is 1. The van der Waals surface area contributed by atoms with Gasteiger partial charge in [0.1, 0.15) is 0 Å². The molecule has 20 heavy (non-hydrogen) atoms. The van der Waals surface area contributed by atoms with Crippen LogP contribution < -0.4 is 5.73 Å². The van der Waals surface area contributed by atoms with Crippen LogP contribution in [0, 0.1) is 6.92 Å². The summed E-state index contributed by atoms with van der Waals surface area (Å²) in [4.78, 5) is 14.5. The number of likely N-dealkylation sites (tertiary alicyclic amines) is 1. The van der Waals surface area contributed by atoms with Crippen molar-refractivity contribution in [3.8, 4) is 0 Å². The van der Waals surface area contributed by atoms with E-state index >= 15 is 0 Å². The van der Waals surface area contributed by atoms with Gasteiger partial charge >= 0.3 is 0 Å². The van der Waals surface area contributed by atoms with Crippen molar-refractivity contribution >= 4 is 5.91 Å². The summed E-state index contributed by atoms with van der Waals surface area (Å²) in [6, 6.07) is 8.76. The van der Waals surface area contributed by atoms with Crippen molar-refractivity contribution in [1.29, 1.82) is 0 Å². The summed E-state index contributed by atoms with van der Waals surface area (Å²) < 4.78 is 0. The average molecular weight is 274 g/mol. The third-order valence-electron chi connectivity index (χ3n) is 4.31. The Morgan fingerprint density at radius 2 is 2.20 bits per heavy atom. The fraction of sp³-hybridized carbons (Fsp3) is 0.588. The van der Waals surface area contributed by atoms with E-state index in [1.165, 1.54) is 11.1 Å². The molecule has 1 aliphatic heterocycles. The number of rotatable bonds is 6. The molecule has 2 rings (SSSR count). The molecule has 0 aliphatic carbocycles. The van der Waals surface area contributed by atoms with Crippen LogP contribution in [0.25, 0.3) is 0 Å². The molecular formula is C17H26N2O. The molecule has 1 aromatic rings. The third-order valence-corrected chi connectivity index (χ3v) is 4.31. The summed E-state index contributed by atoms with van der Waals surface area (Å²) in [5.74, 6) is 0.313. The second-order valence-corrected chi connectivity index (χ2v) is 5.74. The van der Waals surface area contributed by atoms with Crippen LogP contribution in [0.4, 0.5) is 0 Å². The standard InChI is InChI=1S/C17H26N2O/c1-14-6-2-3-7-15(14)10-11-17(20)19-13-5-9-16(19)8-4-12-18/h2-3,6-7,16H,4-5,8-13,18H2,1H3. The fourth-order valence-electron chi connectivity index (χ4n) is 3.09. The first-order chi connectivity index (χ1) is 9.72. The Balaban J connectivity index is 1.86. The van der Waals surface area contributed by atoms with Gasteiger partial charge in [0.2, 0.25) is 5.91 Å². The highest BCUT2D eigenvalue weighted by Gasteiger charge is 2.27. The number of nitrogens with zero attached hydrogens (tertiary/aromatic N) is 1. The van der Waals surface area contributed by atoms with Gasteiger partial charge in [0.05, 0.1) is 0 Å². The monoisotopic (exact) mass is 274 g/mol. The van der Waals surface area contributed by atoms with Crippen molar-refractivity contribution in [3.05, 3.63) is 35.4 Å². The highest BCUT2D eigenvalue weighted by atomic mass is 16.2. The molecule has 0 saturated carbocycles.